The molecule has 0 radical (unpaired) electrons. The van der Waals surface area contributed by atoms with Crippen LogP contribution >= 0.6 is 12.4 Å². The molecule has 3 unspecified atom stereocenters. The Hall–Kier alpha value is -1.24. The highest BCUT2D eigenvalue weighted by atomic mass is 35.5. The molecule has 1 aromatic carbocycles. The summed E-state index contributed by atoms with van der Waals surface area (Å²) in [5.41, 5.74) is 0.423. The van der Waals surface area contributed by atoms with Crippen LogP contribution < -0.4 is 10.6 Å². The largest absolute Gasteiger partial charge is 0.391 e. The van der Waals surface area contributed by atoms with Crippen LogP contribution in [0.25, 0.3) is 0 Å². The monoisotopic (exact) mass is 320 g/mol. The van der Waals surface area contributed by atoms with Crippen LogP contribution in [-0.2, 0) is 4.79 Å². The fraction of sp³-hybridized carbons (Fsp3) is 0.500. The van der Waals surface area contributed by atoms with Crippen molar-refractivity contribution < 1.29 is 18.7 Å². The first-order chi connectivity index (χ1) is 9.49. The third kappa shape index (κ3) is 4.36. The van der Waals surface area contributed by atoms with E-state index in [2.05, 4.69) is 10.6 Å². The first kappa shape index (κ1) is 17.8. The summed E-state index contributed by atoms with van der Waals surface area (Å²) in [5, 5.41) is 15.4. The lowest BCUT2D eigenvalue weighted by molar-refractivity contribution is -0.122. The first-order valence-electron chi connectivity index (χ1n) is 6.60. The van der Waals surface area contributed by atoms with Crippen LogP contribution in [0.3, 0.4) is 0 Å². The first-order valence-corrected chi connectivity index (χ1v) is 6.60. The molecule has 1 aromatic rings. The van der Waals surface area contributed by atoms with E-state index in [1.807, 2.05) is 0 Å². The summed E-state index contributed by atoms with van der Waals surface area (Å²) in [4.78, 5) is 12.0. The van der Waals surface area contributed by atoms with Crippen molar-refractivity contribution in [3.05, 3.63) is 35.4 Å². The van der Waals surface area contributed by atoms with Crippen LogP contribution in [0.15, 0.2) is 18.2 Å². The molecule has 0 saturated carbocycles. The van der Waals surface area contributed by atoms with Gasteiger partial charge in [0.15, 0.2) is 11.6 Å². The maximum absolute atomic E-state index is 13.1. The van der Waals surface area contributed by atoms with Gasteiger partial charge in [-0.2, -0.15) is 0 Å². The zero-order valence-corrected chi connectivity index (χ0v) is 12.4. The molecule has 3 atom stereocenters. The Labute approximate surface area is 128 Å². The second kappa shape index (κ2) is 7.68. The topological polar surface area (TPSA) is 61.4 Å². The molecule has 2 rings (SSSR count). The Morgan fingerprint density at radius 1 is 1.43 bits per heavy atom. The summed E-state index contributed by atoms with van der Waals surface area (Å²) in [7, 11) is 0. The highest BCUT2D eigenvalue weighted by molar-refractivity contribution is 5.85. The van der Waals surface area contributed by atoms with Crippen molar-refractivity contribution in [1.82, 2.24) is 10.6 Å². The molecule has 1 saturated heterocycles. The quantitative estimate of drug-likeness (QED) is 0.781. The molecule has 0 aliphatic carbocycles. The van der Waals surface area contributed by atoms with Gasteiger partial charge in [-0.3, -0.25) is 4.79 Å². The summed E-state index contributed by atoms with van der Waals surface area (Å²) < 4.78 is 26.0. The van der Waals surface area contributed by atoms with Gasteiger partial charge in [0.05, 0.1) is 12.0 Å². The highest BCUT2D eigenvalue weighted by Gasteiger charge is 2.26. The fourth-order valence-corrected chi connectivity index (χ4v) is 2.25. The second-order valence-electron chi connectivity index (χ2n) is 5.13. The molecule has 1 heterocycles. The van der Waals surface area contributed by atoms with E-state index in [4.69, 9.17) is 0 Å². The van der Waals surface area contributed by atoms with Crippen LogP contribution in [0.1, 0.15) is 18.4 Å². The van der Waals surface area contributed by atoms with Gasteiger partial charge in [-0.25, -0.2) is 8.78 Å². The number of amides is 1. The number of aliphatic hydroxyl groups excluding tert-OH is 1. The lowest BCUT2D eigenvalue weighted by Crippen LogP contribution is -2.36. The van der Waals surface area contributed by atoms with Gasteiger partial charge >= 0.3 is 0 Å². The molecule has 0 bridgehead atoms. The van der Waals surface area contributed by atoms with Crippen molar-refractivity contribution >= 4 is 18.3 Å². The molecule has 7 heteroatoms. The van der Waals surface area contributed by atoms with E-state index < -0.39 is 23.7 Å². The van der Waals surface area contributed by atoms with Gasteiger partial charge in [-0.15, -0.1) is 12.4 Å². The smallest absolute Gasteiger partial charge is 0.227 e. The molecular weight excluding hydrogens is 302 g/mol. The van der Waals surface area contributed by atoms with E-state index >= 15 is 0 Å². The van der Waals surface area contributed by atoms with Gasteiger partial charge in [0.2, 0.25) is 5.91 Å². The normalized spacial score (nSPS) is 22.5. The van der Waals surface area contributed by atoms with Crippen molar-refractivity contribution in [3.8, 4) is 0 Å². The fourth-order valence-electron chi connectivity index (χ4n) is 2.25. The van der Waals surface area contributed by atoms with Crippen molar-refractivity contribution in [3.63, 3.8) is 0 Å². The van der Waals surface area contributed by atoms with Crippen LogP contribution in [0.4, 0.5) is 8.78 Å². The molecule has 118 valence electrons. The number of benzene rings is 1. The maximum Gasteiger partial charge on any atom is 0.227 e. The summed E-state index contributed by atoms with van der Waals surface area (Å²) in [6, 6.07) is 3.44. The summed E-state index contributed by atoms with van der Waals surface area (Å²) >= 11 is 0. The Bertz CT molecular complexity index is 502. The molecule has 3 N–H and O–H groups in total. The van der Waals surface area contributed by atoms with E-state index in [-0.39, 0.29) is 24.2 Å². The van der Waals surface area contributed by atoms with E-state index in [9.17, 15) is 18.7 Å². The summed E-state index contributed by atoms with van der Waals surface area (Å²) in [5.74, 6) is -2.75. The second-order valence-corrected chi connectivity index (χ2v) is 5.13. The number of carbonyl (C=O) groups is 1. The Morgan fingerprint density at radius 3 is 2.71 bits per heavy atom. The molecule has 4 nitrogen and oxygen atoms in total. The zero-order valence-electron chi connectivity index (χ0n) is 11.6. The maximum atomic E-state index is 13.1. The summed E-state index contributed by atoms with van der Waals surface area (Å²) in [6.45, 7) is 3.17. The number of rotatable bonds is 4. The number of nitrogens with one attached hydrogen (secondary N) is 2. The van der Waals surface area contributed by atoms with Gasteiger partial charge in [0.1, 0.15) is 0 Å². The average molecular weight is 321 g/mol. The number of hydrogen-bond donors (Lipinski definition) is 3. The van der Waals surface area contributed by atoms with Crippen LogP contribution in [0, 0.1) is 17.6 Å². The van der Waals surface area contributed by atoms with Crippen molar-refractivity contribution in [2.45, 2.75) is 18.9 Å². The Balaban J connectivity index is 0.00000220. The molecule has 0 aromatic heterocycles. The molecule has 1 aliphatic heterocycles. The standard InChI is InChI=1S/C14H18F2N2O2.ClH/c1-8(9-2-3-11(15)12(16)4-9)14(20)18-6-10-5-17-7-13(10)19;/h2-4,8,10,13,17,19H,5-7H2,1H3,(H,18,20);1H. The number of carbonyl (C=O) groups excluding carboxylic acids is 1. The van der Waals surface area contributed by atoms with Crippen LogP contribution in [-0.4, -0.2) is 36.8 Å². The van der Waals surface area contributed by atoms with E-state index in [0.29, 0.717) is 25.2 Å². The molecule has 21 heavy (non-hydrogen) atoms. The lowest BCUT2D eigenvalue weighted by Gasteiger charge is -2.17. The van der Waals surface area contributed by atoms with Crippen LogP contribution in [0.2, 0.25) is 0 Å². The third-order valence-corrected chi connectivity index (χ3v) is 3.68. The average Bonchev–Trinajstić information content (AvgIpc) is 2.84. The molecule has 0 spiro atoms. The Morgan fingerprint density at radius 2 is 2.14 bits per heavy atom. The minimum atomic E-state index is -0.961. The van der Waals surface area contributed by atoms with Crippen molar-refractivity contribution in [1.29, 1.82) is 0 Å². The molecular formula is C14H19ClF2N2O2. The van der Waals surface area contributed by atoms with E-state index in [1.54, 1.807) is 6.92 Å². The highest BCUT2D eigenvalue weighted by Crippen LogP contribution is 2.18. The van der Waals surface area contributed by atoms with E-state index in [0.717, 1.165) is 12.1 Å². The predicted octanol–water partition coefficient (Wildman–Crippen LogP) is 1.19. The van der Waals surface area contributed by atoms with E-state index in [1.165, 1.54) is 6.07 Å². The van der Waals surface area contributed by atoms with Gasteiger partial charge in [-0.05, 0) is 24.6 Å². The molecule has 1 amide bonds. The Kier molecular flexibility index (Phi) is 6.51. The SMILES string of the molecule is CC(C(=O)NCC1CNCC1O)c1ccc(F)c(F)c1.Cl. The lowest BCUT2D eigenvalue weighted by atomic mass is 9.99. The molecule has 1 fully saturated rings. The molecule has 1 aliphatic rings. The van der Waals surface area contributed by atoms with Crippen LogP contribution in [0.5, 0.6) is 0 Å². The summed E-state index contributed by atoms with van der Waals surface area (Å²) in [6.07, 6.45) is -0.464. The van der Waals surface area contributed by atoms with Crippen molar-refractivity contribution in [2.24, 2.45) is 5.92 Å². The number of hydrogen-bond acceptors (Lipinski definition) is 3. The number of halogens is 3. The van der Waals surface area contributed by atoms with Gasteiger partial charge in [0.25, 0.3) is 0 Å². The third-order valence-electron chi connectivity index (χ3n) is 3.68. The van der Waals surface area contributed by atoms with Crippen molar-refractivity contribution in [2.75, 3.05) is 19.6 Å². The van der Waals surface area contributed by atoms with Gasteiger partial charge in [0, 0.05) is 25.6 Å². The minimum absolute atomic E-state index is 0. The predicted molar refractivity (Wildman–Crippen MR) is 77.4 cm³/mol. The zero-order chi connectivity index (χ0) is 14.7. The number of aliphatic hydroxyl groups is 1. The van der Waals surface area contributed by atoms with Gasteiger partial charge < -0.3 is 15.7 Å². The minimum Gasteiger partial charge on any atom is -0.391 e. The van der Waals surface area contributed by atoms with Gasteiger partial charge in [-0.1, -0.05) is 6.07 Å². The number of β-amino-alcohol motifs (C(OH)–C–C–N with tert-alkyl or cyclic N) is 1.